The molecule has 0 saturated carbocycles. The number of likely N-dealkylation sites (N-methyl/N-ethyl adjacent to an activating group) is 1. The number of hydrogen-bond donors (Lipinski definition) is 1. The van der Waals surface area contributed by atoms with Gasteiger partial charge in [-0.1, -0.05) is 35.0 Å². The van der Waals surface area contributed by atoms with Crippen molar-refractivity contribution in [3.63, 3.8) is 0 Å². The van der Waals surface area contributed by atoms with Crippen LogP contribution in [-0.2, 0) is 25.5 Å². The largest absolute Gasteiger partial charge is 0.455 e. The molecule has 1 N–H and O–H groups in total. The summed E-state index contributed by atoms with van der Waals surface area (Å²) >= 11 is 0. The number of nitrogens with one attached hydrogen (secondary N) is 1. The first-order valence-electron chi connectivity index (χ1n) is 9.02. The van der Waals surface area contributed by atoms with Crippen molar-refractivity contribution in [1.29, 1.82) is 0 Å². The van der Waals surface area contributed by atoms with E-state index in [1.807, 2.05) is 25.1 Å². The van der Waals surface area contributed by atoms with Gasteiger partial charge in [0.2, 0.25) is 5.91 Å². The lowest BCUT2D eigenvalue weighted by Crippen LogP contribution is -2.37. The molecule has 8 heteroatoms. The second-order valence-corrected chi connectivity index (χ2v) is 6.63. The summed E-state index contributed by atoms with van der Waals surface area (Å²) in [6.07, 6.45) is -0.109. The van der Waals surface area contributed by atoms with Gasteiger partial charge in [-0.3, -0.25) is 14.4 Å². The zero-order chi connectivity index (χ0) is 20.8. The van der Waals surface area contributed by atoms with Crippen LogP contribution in [0.5, 0.6) is 0 Å². The molecule has 3 aromatic rings. The number of anilines is 1. The molecule has 2 aromatic carbocycles. The molecule has 8 nitrogen and oxygen atoms in total. The topological polar surface area (TPSA) is 102 Å². The first-order valence-corrected chi connectivity index (χ1v) is 9.02. The van der Waals surface area contributed by atoms with E-state index in [1.165, 1.54) is 11.9 Å². The monoisotopic (exact) mass is 395 g/mol. The van der Waals surface area contributed by atoms with Crippen LogP contribution in [0.2, 0.25) is 0 Å². The minimum atomic E-state index is -0.602. The molecule has 0 aliphatic heterocycles. The SMILES string of the molecule is Cc1ccc(NC(=O)CN(C)C(=O)COC(=O)Cc2noc3ccccc23)cc1. The standard InChI is InChI=1S/C21H21N3O5/c1-14-7-9-15(10-8-14)22-19(25)12-24(2)20(26)13-28-21(27)11-17-16-5-3-4-6-18(16)29-23-17/h3-10H,11-13H2,1-2H3,(H,22,25). The number of esters is 1. The number of carbonyl (C=O) groups excluding carboxylic acids is 3. The number of nitrogens with zero attached hydrogens (tertiary/aromatic N) is 2. The number of aryl methyl sites for hydroxylation is 1. The van der Waals surface area contributed by atoms with E-state index in [4.69, 9.17) is 9.26 Å². The van der Waals surface area contributed by atoms with E-state index in [0.29, 0.717) is 17.0 Å². The van der Waals surface area contributed by atoms with E-state index in [9.17, 15) is 14.4 Å². The molecule has 0 radical (unpaired) electrons. The molecular weight excluding hydrogens is 374 g/mol. The third-order valence-electron chi connectivity index (χ3n) is 4.26. The van der Waals surface area contributed by atoms with Crippen molar-refractivity contribution in [1.82, 2.24) is 10.1 Å². The van der Waals surface area contributed by atoms with Gasteiger partial charge in [-0.15, -0.1) is 0 Å². The summed E-state index contributed by atoms with van der Waals surface area (Å²) in [5.74, 6) is -1.43. The van der Waals surface area contributed by atoms with E-state index in [0.717, 1.165) is 10.9 Å². The third-order valence-corrected chi connectivity index (χ3v) is 4.26. The molecule has 0 saturated heterocycles. The number of para-hydroxylation sites is 1. The lowest BCUT2D eigenvalue weighted by atomic mass is 10.2. The van der Waals surface area contributed by atoms with Gasteiger partial charge in [0.15, 0.2) is 12.2 Å². The summed E-state index contributed by atoms with van der Waals surface area (Å²) in [5, 5.41) is 7.29. The number of carbonyl (C=O) groups is 3. The summed E-state index contributed by atoms with van der Waals surface area (Å²) in [4.78, 5) is 37.4. The maximum Gasteiger partial charge on any atom is 0.312 e. The fourth-order valence-corrected chi connectivity index (χ4v) is 2.65. The molecule has 0 bridgehead atoms. The van der Waals surface area contributed by atoms with Crippen molar-refractivity contribution in [2.75, 3.05) is 25.5 Å². The number of hydrogen-bond acceptors (Lipinski definition) is 6. The highest BCUT2D eigenvalue weighted by atomic mass is 16.5. The Morgan fingerprint density at radius 2 is 1.83 bits per heavy atom. The number of ether oxygens (including phenoxy) is 1. The predicted molar refractivity (Wildman–Crippen MR) is 106 cm³/mol. The quantitative estimate of drug-likeness (QED) is 0.616. The van der Waals surface area contributed by atoms with Gasteiger partial charge >= 0.3 is 5.97 Å². The molecule has 0 unspecified atom stereocenters. The normalized spacial score (nSPS) is 10.6. The highest BCUT2D eigenvalue weighted by Crippen LogP contribution is 2.18. The van der Waals surface area contributed by atoms with Crippen LogP contribution >= 0.6 is 0 Å². The molecule has 0 aliphatic rings. The maximum absolute atomic E-state index is 12.1. The van der Waals surface area contributed by atoms with Crippen LogP contribution in [0.15, 0.2) is 53.1 Å². The van der Waals surface area contributed by atoms with E-state index in [-0.39, 0.29) is 18.9 Å². The van der Waals surface area contributed by atoms with Crippen LogP contribution < -0.4 is 5.32 Å². The first-order chi connectivity index (χ1) is 13.9. The number of amides is 2. The number of fused-ring (bicyclic) bond motifs is 1. The highest BCUT2D eigenvalue weighted by Gasteiger charge is 2.17. The minimum Gasteiger partial charge on any atom is -0.455 e. The molecule has 0 aliphatic carbocycles. The average Bonchev–Trinajstić information content (AvgIpc) is 3.10. The molecule has 0 fully saturated rings. The molecule has 1 heterocycles. The zero-order valence-electron chi connectivity index (χ0n) is 16.2. The molecule has 1 aromatic heterocycles. The molecule has 2 amide bonds. The lowest BCUT2D eigenvalue weighted by Gasteiger charge is -2.16. The van der Waals surface area contributed by atoms with Crippen molar-refractivity contribution >= 4 is 34.4 Å². The fourth-order valence-electron chi connectivity index (χ4n) is 2.65. The van der Waals surface area contributed by atoms with Gasteiger partial charge in [0.25, 0.3) is 5.91 Å². The molecular formula is C21H21N3O5. The molecule has 29 heavy (non-hydrogen) atoms. The Kier molecular flexibility index (Phi) is 6.23. The Labute approximate surface area is 167 Å². The van der Waals surface area contributed by atoms with Crippen LogP contribution in [0, 0.1) is 6.92 Å². The summed E-state index contributed by atoms with van der Waals surface area (Å²) in [6, 6.07) is 14.5. The number of benzene rings is 2. The Balaban J connectivity index is 1.44. The van der Waals surface area contributed by atoms with Gasteiger partial charge < -0.3 is 19.5 Å². The summed E-state index contributed by atoms with van der Waals surface area (Å²) < 4.78 is 10.2. The average molecular weight is 395 g/mol. The van der Waals surface area contributed by atoms with Crippen LogP contribution in [0.25, 0.3) is 11.0 Å². The van der Waals surface area contributed by atoms with Crippen LogP contribution in [-0.4, -0.2) is 48.0 Å². The number of rotatable bonds is 7. The summed E-state index contributed by atoms with van der Waals surface area (Å²) in [5.41, 5.74) is 2.75. The number of aromatic nitrogens is 1. The third kappa shape index (κ3) is 5.41. The van der Waals surface area contributed by atoms with Gasteiger partial charge in [-0.25, -0.2) is 0 Å². The second kappa shape index (κ2) is 9.01. The van der Waals surface area contributed by atoms with Gasteiger partial charge in [-0.2, -0.15) is 0 Å². The van der Waals surface area contributed by atoms with Crippen LogP contribution in [0.3, 0.4) is 0 Å². The van der Waals surface area contributed by atoms with Crippen molar-refractivity contribution in [2.45, 2.75) is 13.3 Å². The molecule has 3 rings (SSSR count). The fraction of sp³-hybridized carbons (Fsp3) is 0.238. The smallest absolute Gasteiger partial charge is 0.312 e. The first kappa shape index (κ1) is 20.1. The zero-order valence-corrected chi connectivity index (χ0v) is 16.2. The Hall–Kier alpha value is -3.68. The summed E-state index contributed by atoms with van der Waals surface area (Å²) in [7, 11) is 1.47. The van der Waals surface area contributed by atoms with Gasteiger partial charge in [0, 0.05) is 18.1 Å². The second-order valence-electron chi connectivity index (χ2n) is 6.63. The van der Waals surface area contributed by atoms with Gasteiger partial charge in [0.05, 0.1) is 13.0 Å². The van der Waals surface area contributed by atoms with E-state index < -0.39 is 18.5 Å². The summed E-state index contributed by atoms with van der Waals surface area (Å²) in [6.45, 7) is 1.34. The van der Waals surface area contributed by atoms with E-state index in [2.05, 4.69) is 10.5 Å². The van der Waals surface area contributed by atoms with Crippen LogP contribution in [0.1, 0.15) is 11.3 Å². The van der Waals surface area contributed by atoms with Crippen LogP contribution in [0.4, 0.5) is 5.69 Å². The minimum absolute atomic E-state index is 0.109. The van der Waals surface area contributed by atoms with Gasteiger partial charge in [-0.05, 0) is 31.2 Å². The maximum atomic E-state index is 12.1. The molecule has 0 spiro atoms. The highest BCUT2D eigenvalue weighted by molar-refractivity contribution is 5.94. The van der Waals surface area contributed by atoms with Crippen molar-refractivity contribution in [3.8, 4) is 0 Å². The van der Waals surface area contributed by atoms with Crippen molar-refractivity contribution < 1.29 is 23.6 Å². The van der Waals surface area contributed by atoms with Crippen molar-refractivity contribution in [2.24, 2.45) is 0 Å². The van der Waals surface area contributed by atoms with Crippen molar-refractivity contribution in [3.05, 3.63) is 59.8 Å². The molecule has 0 atom stereocenters. The lowest BCUT2D eigenvalue weighted by molar-refractivity contribution is -0.151. The predicted octanol–water partition coefficient (Wildman–Crippen LogP) is 2.32. The van der Waals surface area contributed by atoms with E-state index >= 15 is 0 Å². The van der Waals surface area contributed by atoms with E-state index in [1.54, 1.807) is 30.3 Å². The Morgan fingerprint density at radius 1 is 1.10 bits per heavy atom. The Bertz CT molecular complexity index is 1030. The Morgan fingerprint density at radius 3 is 2.59 bits per heavy atom. The van der Waals surface area contributed by atoms with Gasteiger partial charge in [0.1, 0.15) is 5.69 Å². The molecule has 150 valence electrons.